The predicted molar refractivity (Wildman–Crippen MR) is 120 cm³/mol. The van der Waals surface area contributed by atoms with Gasteiger partial charge in [0.2, 0.25) is 11.7 Å². The summed E-state index contributed by atoms with van der Waals surface area (Å²) in [6, 6.07) is 7.59. The quantitative estimate of drug-likeness (QED) is 0.443. The van der Waals surface area contributed by atoms with Gasteiger partial charge < -0.3 is 5.32 Å². The minimum absolute atomic E-state index is 0.0317. The fourth-order valence-electron chi connectivity index (χ4n) is 3.50. The Morgan fingerprint density at radius 1 is 1.19 bits per heavy atom. The molecule has 7 nitrogen and oxygen atoms in total. The molecule has 0 atom stereocenters. The monoisotopic (exact) mass is 441 g/mol. The van der Waals surface area contributed by atoms with Crippen molar-refractivity contribution in [2.24, 2.45) is 5.92 Å². The number of amides is 1. The Hall–Kier alpha value is -3.07. The molecule has 0 fully saturated rings. The first-order valence-electron chi connectivity index (χ1n) is 10.3. The van der Waals surface area contributed by atoms with E-state index < -0.39 is 0 Å². The zero-order chi connectivity index (χ0) is 22.0. The number of anilines is 1. The summed E-state index contributed by atoms with van der Waals surface area (Å²) in [5.41, 5.74) is 1.34. The van der Waals surface area contributed by atoms with Crippen molar-refractivity contribution >= 4 is 38.9 Å². The molecule has 0 saturated carbocycles. The van der Waals surface area contributed by atoms with Gasteiger partial charge in [0, 0.05) is 25.1 Å². The van der Waals surface area contributed by atoms with Crippen molar-refractivity contribution in [3.05, 3.63) is 57.7 Å². The minimum Gasteiger partial charge on any atom is -0.326 e. The molecule has 0 aliphatic heterocycles. The molecule has 0 spiro atoms. The number of carbonyl (C=O) groups excluding carboxylic acids is 1. The second-order valence-corrected chi connectivity index (χ2v) is 8.85. The lowest BCUT2D eigenvalue weighted by atomic mass is 10.1. The van der Waals surface area contributed by atoms with Crippen molar-refractivity contribution in [2.75, 3.05) is 5.32 Å². The van der Waals surface area contributed by atoms with E-state index in [1.807, 2.05) is 15.8 Å². The number of aryl methyl sites for hydroxylation is 2. The standard InChI is InChI=1S/C22H24FN5O2S/c1-14(2)10-12-27-21(30)20-17(11-13-31-20)28-18(25-26-22(27)28)4-3-5-19(29)24-16-8-6-15(23)7-9-16/h6-9,11,13-14H,3-5,10,12H2,1-2H3,(H,24,29). The van der Waals surface area contributed by atoms with E-state index in [0.717, 1.165) is 17.8 Å². The van der Waals surface area contributed by atoms with Crippen molar-refractivity contribution in [2.45, 2.75) is 46.1 Å². The van der Waals surface area contributed by atoms with E-state index in [9.17, 15) is 14.0 Å². The van der Waals surface area contributed by atoms with Crippen molar-refractivity contribution in [1.29, 1.82) is 0 Å². The van der Waals surface area contributed by atoms with Crippen molar-refractivity contribution < 1.29 is 9.18 Å². The summed E-state index contributed by atoms with van der Waals surface area (Å²) < 4.78 is 17.3. The van der Waals surface area contributed by atoms with Gasteiger partial charge in [0.05, 0.1) is 5.52 Å². The largest absolute Gasteiger partial charge is 0.326 e. The second kappa shape index (κ2) is 8.97. The number of fused-ring (bicyclic) bond motifs is 3. The van der Waals surface area contributed by atoms with Crippen molar-refractivity contribution in [3.63, 3.8) is 0 Å². The molecule has 3 aromatic heterocycles. The summed E-state index contributed by atoms with van der Waals surface area (Å²) in [4.78, 5) is 25.2. The first-order valence-corrected chi connectivity index (χ1v) is 11.2. The number of thiophene rings is 1. The number of carbonyl (C=O) groups is 1. The molecule has 9 heteroatoms. The minimum atomic E-state index is -0.344. The molecule has 0 aliphatic rings. The van der Waals surface area contributed by atoms with Gasteiger partial charge in [0.15, 0.2) is 0 Å². The van der Waals surface area contributed by atoms with Gasteiger partial charge >= 0.3 is 0 Å². The molecule has 0 unspecified atom stereocenters. The molecule has 4 rings (SSSR count). The number of rotatable bonds is 8. The van der Waals surface area contributed by atoms with Crippen LogP contribution in [0.25, 0.3) is 16.0 Å². The van der Waals surface area contributed by atoms with Gasteiger partial charge in [-0.3, -0.25) is 18.6 Å². The van der Waals surface area contributed by atoms with Crippen LogP contribution in [0.3, 0.4) is 0 Å². The maximum atomic E-state index is 13.0. The highest BCUT2D eigenvalue weighted by atomic mass is 32.1. The third-order valence-electron chi connectivity index (χ3n) is 5.14. The first-order chi connectivity index (χ1) is 14.9. The van der Waals surface area contributed by atoms with Gasteiger partial charge in [0.1, 0.15) is 16.3 Å². The second-order valence-electron chi connectivity index (χ2n) is 7.93. The highest BCUT2D eigenvalue weighted by Gasteiger charge is 2.17. The van der Waals surface area contributed by atoms with Crippen LogP contribution in [-0.4, -0.2) is 25.1 Å². The summed E-state index contributed by atoms with van der Waals surface area (Å²) >= 11 is 1.42. The molecule has 0 bridgehead atoms. The topological polar surface area (TPSA) is 81.3 Å². The lowest BCUT2D eigenvalue weighted by Crippen LogP contribution is -2.23. The zero-order valence-electron chi connectivity index (χ0n) is 17.5. The Bertz CT molecular complexity index is 1270. The van der Waals surface area contributed by atoms with Gasteiger partial charge in [0.25, 0.3) is 5.56 Å². The maximum absolute atomic E-state index is 13.0. The number of hydrogen-bond acceptors (Lipinski definition) is 5. The molecule has 1 N–H and O–H groups in total. The zero-order valence-corrected chi connectivity index (χ0v) is 18.3. The van der Waals surface area contributed by atoms with Crippen LogP contribution in [-0.2, 0) is 17.8 Å². The maximum Gasteiger partial charge on any atom is 0.272 e. The van der Waals surface area contributed by atoms with E-state index in [4.69, 9.17) is 0 Å². The average molecular weight is 442 g/mol. The number of benzene rings is 1. The number of halogens is 1. The fraction of sp³-hybridized carbons (Fsp3) is 0.364. The molecule has 4 aromatic rings. The molecule has 0 saturated heterocycles. The van der Waals surface area contributed by atoms with Gasteiger partial charge in [-0.25, -0.2) is 4.39 Å². The third kappa shape index (κ3) is 4.51. The van der Waals surface area contributed by atoms with Crippen LogP contribution in [0.2, 0.25) is 0 Å². The molecule has 162 valence electrons. The average Bonchev–Trinajstić information content (AvgIpc) is 3.37. The molecule has 31 heavy (non-hydrogen) atoms. The van der Waals surface area contributed by atoms with Crippen LogP contribution < -0.4 is 10.9 Å². The summed E-state index contributed by atoms with van der Waals surface area (Å²) in [5, 5.41) is 13.3. The van der Waals surface area contributed by atoms with Crippen molar-refractivity contribution in [3.8, 4) is 0 Å². The van der Waals surface area contributed by atoms with Gasteiger partial charge in [-0.1, -0.05) is 13.8 Å². The van der Waals surface area contributed by atoms with Gasteiger partial charge in [-0.2, -0.15) is 0 Å². The fourth-order valence-corrected chi connectivity index (χ4v) is 4.32. The Kier molecular flexibility index (Phi) is 6.13. The van der Waals surface area contributed by atoms with E-state index >= 15 is 0 Å². The highest BCUT2D eigenvalue weighted by molar-refractivity contribution is 7.17. The normalized spacial score (nSPS) is 11.6. The Morgan fingerprint density at radius 2 is 1.97 bits per heavy atom. The Balaban J connectivity index is 1.52. The van der Waals surface area contributed by atoms with E-state index in [1.54, 1.807) is 4.57 Å². The Labute approximate surface area is 182 Å². The lowest BCUT2D eigenvalue weighted by molar-refractivity contribution is -0.116. The predicted octanol–water partition coefficient (Wildman–Crippen LogP) is 4.25. The SMILES string of the molecule is CC(C)CCn1c(=O)c2sccc2n2c(CCCC(=O)Nc3ccc(F)cc3)nnc12. The van der Waals surface area contributed by atoms with Crippen LogP contribution in [0.4, 0.5) is 10.1 Å². The van der Waals surface area contributed by atoms with E-state index in [2.05, 4.69) is 29.4 Å². The first kappa shape index (κ1) is 21.2. The molecule has 1 amide bonds. The van der Waals surface area contributed by atoms with E-state index in [1.165, 1.54) is 35.6 Å². The molecule has 0 radical (unpaired) electrons. The number of nitrogens with zero attached hydrogens (tertiary/aromatic N) is 4. The van der Waals surface area contributed by atoms with Crippen LogP contribution in [0, 0.1) is 11.7 Å². The summed E-state index contributed by atoms with van der Waals surface area (Å²) in [5.74, 6) is 1.25. The summed E-state index contributed by atoms with van der Waals surface area (Å²) in [7, 11) is 0. The number of hydrogen-bond donors (Lipinski definition) is 1. The number of aromatic nitrogens is 4. The molecule has 0 aliphatic carbocycles. The smallest absolute Gasteiger partial charge is 0.272 e. The van der Waals surface area contributed by atoms with Crippen LogP contribution in [0.1, 0.15) is 38.9 Å². The lowest BCUT2D eigenvalue weighted by Gasteiger charge is -2.11. The van der Waals surface area contributed by atoms with E-state index in [-0.39, 0.29) is 17.3 Å². The highest BCUT2D eigenvalue weighted by Crippen LogP contribution is 2.21. The van der Waals surface area contributed by atoms with Crippen LogP contribution in [0.15, 0.2) is 40.5 Å². The number of nitrogens with one attached hydrogen (secondary N) is 1. The van der Waals surface area contributed by atoms with Crippen LogP contribution >= 0.6 is 11.3 Å². The molecular weight excluding hydrogens is 417 g/mol. The molecular formula is C22H24FN5O2S. The summed E-state index contributed by atoms with van der Waals surface area (Å²) in [6.07, 6.45) is 2.29. The van der Waals surface area contributed by atoms with Crippen LogP contribution in [0.5, 0.6) is 0 Å². The molecule has 1 aromatic carbocycles. The Morgan fingerprint density at radius 3 is 2.71 bits per heavy atom. The van der Waals surface area contributed by atoms with Gasteiger partial charge in [-0.05, 0) is 54.5 Å². The third-order valence-corrected chi connectivity index (χ3v) is 6.03. The molecule has 3 heterocycles. The summed E-state index contributed by atoms with van der Waals surface area (Å²) in [6.45, 7) is 4.84. The van der Waals surface area contributed by atoms with Gasteiger partial charge in [-0.15, -0.1) is 21.5 Å². The van der Waals surface area contributed by atoms with Crippen molar-refractivity contribution in [1.82, 2.24) is 19.2 Å². The van der Waals surface area contributed by atoms with E-state index in [0.29, 0.717) is 47.9 Å².